The van der Waals surface area contributed by atoms with Crippen molar-refractivity contribution in [2.75, 3.05) is 19.8 Å². The molecule has 0 aliphatic heterocycles. The summed E-state index contributed by atoms with van der Waals surface area (Å²) in [5.74, 6) is 0. The predicted molar refractivity (Wildman–Crippen MR) is 175 cm³/mol. The van der Waals surface area contributed by atoms with Gasteiger partial charge in [-0.05, 0) is 12.8 Å². The van der Waals surface area contributed by atoms with Crippen LogP contribution in [0.1, 0.15) is 168 Å². The maximum absolute atomic E-state index is 13.4. The van der Waals surface area contributed by atoms with Crippen molar-refractivity contribution < 1.29 is 18.2 Å². The van der Waals surface area contributed by atoms with Gasteiger partial charge in [-0.15, -0.1) is 0 Å². The van der Waals surface area contributed by atoms with Crippen molar-refractivity contribution in [1.29, 1.82) is 0 Å². The summed E-state index contributed by atoms with van der Waals surface area (Å²) in [6.07, 6.45) is 37.3. The average Bonchev–Trinajstić information content (AvgIpc) is 3.38. The van der Waals surface area contributed by atoms with E-state index in [4.69, 9.17) is 9.05 Å². The Morgan fingerprint density at radius 2 is 0.976 bits per heavy atom. The number of rotatable bonds is 32. The number of aromatic nitrogens is 2. The highest BCUT2D eigenvalue weighted by atomic mass is 31.2. The van der Waals surface area contributed by atoms with Gasteiger partial charge in [-0.2, -0.15) is 0 Å². The molecule has 1 aromatic heterocycles. The molecule has 0 aromatic carbocycles. The van der Waals surface area contributed by atoms with Gasteiger partial charge >= 0.3 is 7.75 Å². The highest BCUT2D eigenvalue weighted by molar-refractivity contribution is 7.51. The number of unbranched alkanes of at least 4 members (excludes halogenated alkanes) is 22. The first-order valence-electron chi connectivity index (χ1n) is 17.7. The fraction of sp³-hybridized carbons (Fsp3) is 0.912. The fourth-order valence-electron chi connectivity index (χ4n) is 5.33. The highest BCUT2D eigenvalue weighted by Gasteiger charge is 2.24. The van der Waals surface area contributed by atoms with Crippen LogP contribution >= 0.6 is 7.75 Å². The Balaban J connectivity index is 2.16. The molecule has 0 saturated heterocycles. The van der Waals surface area contributed by atoms with Crippen molar-refractivity contribution in [1.82, 2.24) is 9.65 Å². The number of hydrogen-bond acceptors (Lipinski definition) is 3. The molecule has 0 aliphatic carbocycles. The minimum absolute atomic E-state index is 0.499. The van der Waals surface area contributed by atoms with E-state index in [0.717, 1.165) is 32.2 Å². The first-order valence-corrected chi connectivity index (χ1v) is 19.3. The first-order chi connectivity index (χ1) is 20.1. The molecule has 0 unspecified atom stereocenters. The van der Waals surface area contributed by atoms with Gasteiger partial charge in [-0.3, -0.25) is 9.05 Å². The van der Waals surface area contributed by atoms with Crippen LogP contribution in [-0.4, -0.2) is 24.3 Å². The van der Waals surface area contributed by atoms with Gasteiger partial charge < -0.3 is 0 Å². The van der Waals surface area contributed by atoms with Gasteiger partial charge in [0.05, 0.1) is 20.3 Å². The third kappa shape index (κ3) is 24.5. The second-order valence-corrected chi connectivity index (χ2v) is 14.0. The molecule has 6 nitrogen and oxygen atoms in total. The molecule has 1 N–H and O–H groups in total. The Morgan fingerprint density at radius 1 is 0.610 bits per heavy atom. The maximum Gasteiger partial charge on any atom is 0.405 e. The van der Waals surface area contributed by atoms with Crippen molar-refractivity contribution in [2.45, 2.75) is 174 Å². The minimum atomic E-state index is -3.28. The molecule has 242 valence electrons. The molecule has 0 bridgehead atoms. The molecule has 1 aromatic rings. The SMILES string of the molecule is CCCCCCCCCCCCCCOP(=O)(NCCn1cc[n+](C)c1)OCCCCCCCCCCCCCC. The molecule has 0 amide bonds. The monoisotopic (exact) mass is 599 g/mol. The summed E-state index contributed by atoms with van der Waals surface area (Å²) < 4.78 is 29.3. The zero-order valence-electron chi connectivity index (χ0n) is 27.6. The standard InChI is InChI=1S/C34H69N3O3P/c1-4-6-8-10-12-14-16-18-20-22-24-26-32-39-41(38,35-28-29-37-31-30-36(3)34-37)40-33-27-25-23-21-19-17-15-13-11-9-7-5-2/h30-31,34H,4-29,32-33H2,1-3H3,(H,35,38)/q+1. The van der Waals surface area contributed by atoms with Crippen LogP contribution in [0.2, 0.25) is 0 Å². The molecule has 0 aliphatic rings. The van der Waals surface area contributed by atoms with Crippen molar-refractivity contribution >= 4 is 7.75 Å². The van der Waals surface area contributed by atoms with Gasteiger partial charge in [0.25, 0.3) is 0 Å². The summed E-state index contributed by atoms with van der Waals surface area (Å²) in [6, 6.07) is 0. The Morgan fingerprint density at radius 3 is 1.32 bits per heavy atom. The van der Waals surface area contributed by atoms with Crippen LogP contribution in [0.5, 0.6) is 0 Å². The molecule has 0 fully saturated rings. The number of nitrogens with zero attached hydrogens (tertiary/aromatic N) is 2. The van der Waals surface area contributed by atoms with E-state index in [1.165, 1.54) is 128 Å². The van der Waals surface area contributed by atoms with Crippen LogP contribution in [-0.2, 0) is 27.2 Å². The van der Waals surface area contributed by atoms with Gasteiger partial charge in [0.1, 0.15) is 18.9 Å². The molecule has 0 radical (unpaired) electrons. The lowest BCUT2D eigenvalue weighted by Gasteiger charge is -2.19. The van der Waals surface area contributed by atoms with E-state index in [2.05, 4.69) is 23.5 Å². The first kappa shape index (κ1) is 38.3. The van der Waals surface area contributed by atoms with E-state index in [1.54, 1.807) is 0 Å². The summed E-state index contributed by atoms with van der Waals surface area (Å²) in [4.78, 5) is 0. The molecule has 0 spiro atoms. The van der Waals surface area contributed by atoms with Crippen LogP contribution in [0.25, 0.3) is 0 Å². The van der Waals surface area contributed by atoms with E-state index in [9.17, 15) is 4.57 Å². The molecule has 1 heterocycles. The molecule has 0 saturated carbocycles. The quantitative estimate of drug-likeness (QED) is 0.0509. The summed E-state index contributed by atoms with van der Waals surface area (Å²) in [5, 5.41) is 3.12. The van der Waals surface area contributed by atoms with Gasteiger partial charge in [0, 0.05) is 6.54 Å². The van der Waals surface area contributed by atoms with Crippen LogP contribution in [0.15, 0.2) is 18.7 Å². The van der Waals surface area contributed by atoms with Crippen molar-refractivity contribution in [3.8, 4) is 0 Å². The van der Waals surface area contributed by atoms with Crippen molar-refractivity contribution in [3.63, 3.8) is 0 Å². The number of imidazole rings is 1. The number of hydrogen-bond donors (Lipinski definition) is 1. The fourth-order valence-corrected chi connectivity index (χ4v) is 6.70. The van der Waals surface area contributed by atoms with Crippen LogP contribution < -0.4 is 9.65 Å². The van der Waals surface area contributed by atoms with Crippen molar-refractivity contribution in [3.05, 3.63) is 18.7 Å². The van der Waals surface area contributed by atoms with Crippen LogP contribution in [0.4, 0.5) is 0 Å². The molecule has 41 heavy (non-hydrogen) atoms. The van der Waals surface area contributed by atoms with Gasteiger partial charge in [-0.1, -0.05) is 155 Å². The molecular formula is C34H69N3O3P+. The van der Waals surface area contributed by atoms with Crippen LogP contribution in [0, 0.1) is 0 Å². The van der Waals surface area contributed by atoms with Crippen molar-refractivity contribution in [2.24, 2.45) is 7.05 Å². The van der Waals surface area contributed by atoms with Gasteiger partial charge in [0.15, 0.2) is 0 Å². The molecular weight excluding hydrogens is 529 g/mol. The van der Waals surface area contributed by atoms with E-state index in [0.29, 0.717) is 19.8 Å². The highest BCUT2D eigenvalue weighted by Crippen LogP contribution is 2.44. The predicted octanol–water partition coefficient (Wildman–Crippen LogP) is 10.4. The Kier molecular flexibility index (Phi) is 26.3. The molecule has 7 heteroatoms. The van der Waals surface area contributed by atoms with Crippen LogP contribution in [0.3, 0.4) is 0 Å². The smallest absolute Gasteiger partial charge is 0.297 e. The number of nitrogens with one attached hydrogen (secondary N) is 1. The molecule has 0 atom stereocenters. The maximum atomic E-state index is 13.4. The average molecular weight is 599 g/mol. The number of aryl methyl sites for hydroxylation is 1. The van der Waals surface area contributed by atoms with E-state index >= 15 is 0 Å². The summed E-state index contributed by atoms with van der Waals surface area (Å²) >= 11 is 0. The summed E-state index contributed by atoms with van der Waals surface area (Å²) in [6.45, 7) is 6.84. The summed E-state index contributed by atoms with van der Waals surface area (Å²) in [5.41, 5.74) is 0. The normalized spacial score (nSPS) is 12.0. The second-order valence-electron chi connectivity index (χ2n) is 12.2. The third-order valence-electron chi connectivity index (χ3n) is 8.02. The Bertz CT molecular complexity index is 694. The van der Waals surface area contributed by atoms with E-state index < -0.39 is 7.75 Å². The topological polar surface area (TPSA) is 56.4 Å². The second kappa shape index (κ2) is 28.1. The largest absolute Gasteiger partial charge is 0.405 e. The van der Waals surface area contributed by atoms with Gasteiger partial charge in [0.2, 0.25) is 6.33 Å². The van der Waals surface area contributed by atoms with E-state index in [1.807, 2.05) is 30.3 Å². The Labute approximate surface area is 255 Å². The van der Waals surface area contributed by atoms with E-state index in [-0.39, 0.29) is 0 Å². The zero-order chi connectivity index (χ0) is 29.7. The lowest BCUT2D eigenvalue weighted by Crippen LogP contribution is -2.25. The summed E-state index contributed by atoms with van der Waals surface area (Å²) in [7, 11) is -1.28. The third-order valence-corrected chi connectivity index (χ3v) is 9.67. The zero-order valence-corrected chi connectivity index (χ0v) is 28.5. The Hall–Kier alpha value is -0.680. The lowest BCUT2D eigenvalue weighted by molar-refractivity contribution is -0.671. The van der Waals surface area contributed by atoms with Gasteiger partial charge in [-0.25, -0.2) is 18.8 Å². The lowest BCUT2D eigenvalue weighted by atomic mass is 10.1. The minimum Gasteiger partial charge on any atom is -0.297 e. The molecule has 1 rings (SSSR count).